The summed E-state index contributed by atoms with van der Waals surface area (Å²) >= 11 is 1.67. The highest BCUT2D eigenvalue weighted by molar-refractivity contribution is 7.07. The highest BCUT2D eigenvalue weighted by atomic mass is 32.1. The maximum Gasteiger partial charge on any atom is 0.316 e. The van der Waals surface area contributed by atoms with Crippen LogP contribution in [-0.2, 0) is 6.54 Å². The molecule has 0 aliphatic heterocycles. The van der Waals surface area contributed by atoms with Crippen LogP contribution in [0.4, 0.5) is 16.2 Å². The lowest BCUT2D eigenvalue weighted by atomic mass is 10.2. The summed E-state index contributed by atoms with van der Waals surface area (Å²) in [6.07, 6.45) is 0. The number of amides is 2. The van der Waals surface area contributed by atoms with Gasteiger partial charge in [0.15, 0.2) is 0 Å². The van der Waals surface area contributed by atoms with Gasteiger partial charge in [0.2, 0.25) is 0 Å². The minimum absolute atomic E-state index is 0.556. The zero-order chi connectivity index (χ0) is 12.1. The molecular formula is C12H13N3OS. The van der Waals surface area contributed by atoms with Crippen LogP contribution in [0.3, 0.4) is 0 Å². The molecule has 88 valence electrons. The summed E-state index contributed by atoms with van der Waals surface area (Å²) in [6, 6.07) is 8.96. The van der Waals surface area contributed by atoms with Crippen molar-refractivity contribution >= 4 is 28.7 Å². The van der Waals surface area contributed by atoms with E-state index < -0.39 is 6.03 Å². The lowest BCUT2D eigenvalue weighted by Gasteiger charge is -2.07. The molecule has 0 spiro atoms. The van der Waals surface area contributed by atoms with Gasteiger partial charge in [-0.1, -0.05) is 6.07 Å². The van der Waals surface area contributed by atoms with Gasteiger partial charge in [0.05, 0.1) is 0 Å². The number of nitrogens with two attached hydrogens (primary N) is 1. The second kappa shape index (κ2) is 5.36. The number of hydrogen-bond donors (Lipinski definition) is 3. The average molecular weight is 247 g/mol. The van der Waals surface area contributed by atoms with Crippen molar-refractivity contribution in [3.63, 3.8) is 0 Å². The van der Waals surface area contributed by atoms with E-state index in [9.17, 15) is 4.79 Å². The van der Waals surface area contributed by atoms with E-state index in [1.807, 2.05) is 23.6 Å². The van der Waals surface area contributed by atoms with E-state index >= 15 is 0 Å². The molecule has 0 saturated heterocycles. The minimum Gasteiger partial charge on any atom is -0.381 e. The number of hydrogen-bond acceptors (Lipinski definition) is 3. The molecular weight excluding hydrogens is 234 g/mol. The maximum absolute atomic E-state index is 10.7. The van der Waals surface area contributed by atoms with Crippen LogP contribution in [0, 0.1) is 0 Å². The summed E-state index contributed by atoms with van der Waals surface area (Å²) in [4.78, 5) is 10.7. The molecule has 1 heterocycles. The van der Waals surface area contributed by atoms with Gasteiger partial charge in [-0.3, -0.25) is 0 Å². The monoisotopic (exact) mass is 247 g/mol. The molecule has 0 aliphatic rings. The summed E-state index contributed by atoms with van der Waals surface area (Å²) in [5.74, 6) is 0. The molecule has 0 bridgehead atoms. The van der Waals surface area contributed by atoms with Crippen molar-refractivity contribution in [2.45, 2.75) is 6.54 Å². The summed E-state index contributed by atoms with van der Waals surface area (Å²) in [5.41, 5.74) is 7.93. The Kier molecular flexibility index (Phi) is 3.62. The molecule has 4 nitrogen and oxygen atoms in total. The van der Waals surface area contributed by atoms with Crippen LogP contribution in [0.15, 0.2) is 41.1 Å². The standard InChI is InChI=1S/C12H13N3OS/c13-12(16)15-11-3-1-2-10(6-11)14-7-9-4-5-17-8-9/h1-6,8,14H,7H2,(H3,13,15,16). The Bertz CT molecular complexity index is 496. The molecule has 2 aromatic rings. The number of benzene rings is 1. The van der Waals surface area contributed by atoms with E-state index in [1.165, 1.54) is 5.56 Å². The third-order valence-electron chi connectivity index (χ3n) is 2.21. The van der Waals surface area contributed by atoms with Gasteiger partial charge in [-0.15, -0.1) is 0 Å². The topological polar surface area (TPSA) is 67.2 Å². The quantitative estimate of drug-likeness (QED) is 0.777. The van der Waals surface area contributed by atoms with Gasteiger partial charge >= 0.3 is 6.03 Å². The van der Waals surface area contributed by atoms with Crippen molar-refractivity contribution < 1.29 is 4.79 Å². The van der Waals surface area contributed by atoms with Crippen molar-refractivity contribution in [2.75, 3.05) is 10.6 Å². The van der Waals surface area contributed by atoms with Gasteiger partial charge in [0, 0.05) is 17.9 Å². The Morgan fingerprint density at radius 3 is 2.82 bits per heavy atom. The van der Waals surface area contributed by atoms with Crippen LogP contribution in [0.25, 0.3) is 0 Å². The summed E-state index contributed by atoms with van der Waals surface area (Å²) < 4.78 is 0. The summed E-state index contributed by atoms with van der Waals surface area (Å²) in [7, 11) is 0. The highest BCUT2D eigenvalue weighted by Gasteiger charge is 1.98. The fraction of sp³-hybridized carbons (Fsp3) is 0.0833. The fourth-order valence-corrected chi connectivity index (χ4v) is 2.12. The molecule has 1 aromatic heterocycles. The van der Waals surface area contributed by atoms with Crippen molar-refractivity contribution in [2.24, 2.45) is 5.73 Å². The second-order valence-electron chi connectivity index (χ2n) is 3.56. The van der Waals surface area contributed by atoms with E-state index in [2.05, 4.69) is 22.1 Å². The number of thiophene rings is 1. The number of urea groups is 1. The fourth-order valence-electron chi connectivity index (χ4n) is 1.45. The van der Waals surface area contributed by atoms with Gasteiger partial charge in [-0.25, -0.2) is 4.79 Å². The van der Waals surface area contributed by atoms with Crippen molar-refractivity contribution in [1.82, 2.24) is 0 Å². The predicted octanol–water partition coefficient (Wildman–Crippen LogP) is 2.85. The van der Waals surface area contributed by atoms with Crippen LogP contribution in [0.1, 0.15) is 5.56 Å². The van der Waals surface area contributed by atoms with Crippen molar-refractivity contribution in [3.05, 3.63) is 46.7 Å². The molecule has 0 atom stereocenters. The minimum atomic E-state index is -0.556. The van der Waals surface area contributed by atoms with Crippen LogP contribution >= 0.6 is 11.3 Å². The van der Waals surface area contributed by atoms with E-state index in [0.29, 0.717) is 5.69 Å². The number of carbonyl (C=O) groups is 1. The Hall–Kier alpha value is -2.01. The first kappa shape index (κ1) is 11.5. The largest absolute Gasteiger partial charge is 0.381 e. The Balaban J connectivity index is 1.98. The normalized spacial score (nSPS) is 9.88. The van der Waals surface area contributed by atoms with Crippen molar-refractivity contribution in [1.29, 1.82) is 0 Å². The van der Waals surface area contributed by atoms with Crippen molar-refractivity contribution in [3.8, 4) is 0 Å². The number of anilines is 2. The highest BCUT2D eigenvalue weighted by Crippen LogP contribution is 2.16. The Morgan fingerprint density at radius 1 is 1.29 bits per heavy atom. The molecule has 0 radical (unpaired) electrons. The number of nitrogens with one attached hydrogen (secondary N) is 2. The van der Waals surface area contributed by atoms with Crippen LogP contribution in [0.2, 0.25) is 0 Å². The zero-order valence-corrected chi connectivity index (χ0v) is 9.96. The molecule has 0 unspecified atom stereocenters. The summed E-state index contributed by atoms with van der Waals surface area (Å²) in [5, 5.41) is 9.95. The lowest BCUT2D eigenvalue weighted by Crippen LogP contribution is -2.19. The molecule has 5 heteroatoms. The van der Waals surface area contributed by atoms with E-state index in [1.54, 1.807) is 17.4 Å². The second-order valence-corrected chi connectivity index (χ2v) is 4.34. The number of primary amides is 1. The van der Waals surface area contributed by atoms with Crippen LogP contribution in [0.5, 0.6) is 0 Å². The van der Waals surface area contributed by atoms with Crippen LogP contribution in [-0.4, -0.2) is 6.03 Å². The molecule has 0 saturated carbocycles. The van der Waals surface area contributed by atoms with E-state index in [0.717, 1.165) is 12.2 Å². The molecule has 2 rings (SSSR count). The number of rotatable bonds is 4. The average Bonchev–Trinajstić information content (AvgIpc) is 2.79. The van der Waals surface area contributed by atoms with Gasteiger partial charge in [0.1, 0.15) is 0 Å². The zero-order valence-electron chi connectivity index (χ0n) is 9.14. The molecule has 1 aromatic carbocycles. The lowest BCUT2D eigenvalue weighted by molar-refractivity contribution is 0.259. The molecule has 2 amide bonds. The SMILES string of the molecule is NC(=O)Nc1cccc(NCc2ccsc2)c1. The van der Waals surface area contributed by atoms with Crippen LogP contribution < -0.4 is 16.4 Å². The Labute approximate surface area is 103 Å². The molecule has 0 fully saturated rings. The van der Waals surface area contributed by atoms with Gasteiger partial charge in [0.25, 0.3) is 0 Å². The molecule has 0 aliphatic carbocycles. The van der Waals surface area contributed by atoms with E-state index in [-0.39, 0.29) is 0 Å². The third-order valence-corrected chi connectivity index (χ3v) is 2.94. The maximum atomic E-state index is 10.7. The van der Waals surface area contributed by atoms with Gasteiger partial charge in [-0.2, -0.15) is 11.3 Å². The predicted molar refractivity (Wildman–Crippen MR) is 71.3 cm³/mol. The third kappa shape index (κ3) is 3.49. The first-order valence-electron chi connectivity index (χ1n) is 5.15. The molecule has 17 heavy (non-hydrogen) atoms. The first-order valence-corrected chi connectivity index (χ1v) is 6.10. The Morgan fingerprint density at radius 2 is 2.12 bits per heavy atom. The van der Waals surface area contributed by atoms with E-state index in [4.69, 9.17) is 5.73 Å². The molecule has 4 N–H and O–H groups in total. The van der Waals surface area contributed by atoms with Gasteiger partial charge < -0.3 is 16.4 Å². The smallest absolute Gasteiger partial charge is 0.316 e. The first-order chi connectivity index (χ1) is 8.24. The summed E-state index contributed by atoms with van der Waals surface area (Å²) in [6.45, 7) is 0.767. The number of carbonyl (C=O) groups excluding carboxylic acids is 1. The van der Waals surface area contributed by atoms with Gasteiger partial charge in [-0.05, 0) is 40.6 Å².